The third-order valence-electron chi connectivity index (χ3n) is 2.72. The number of para-hydroxylation sites is 1. The number of benzene rings is 1. The van der Waals surface area contributed by atoms with Crippen molar-refractivity contribution in [2.45, 2.75) is 20.0 Å². The van der Waals surface area contributed by atoms with Crippen LogP contribution in [0.1, 0.15) is 15.3 Å². The van der Waals surface area contributed by atoms with E-state index >= 15 is 0 Å². The Labute approximate surface area is 120 Å². The van der Waals surface area contributed by atoms with E-state index in [1.165, 1.54) is 19.8 Å². The second-order valence-electron chi connectivity index (χ2n) is 4.03. The molecule has 1 N–H and O–H groups in total. The zero-order valence-corrected chi connectivity index (χ0v) is 12.9. The third-order valence-corrected chi connectivity index (χ3v) is 4.85. The maximum absolute atomic E-state index is 5.33. The van der Waals surface area contributed by atoms with Gasteiger partial charge in [-0.1, -0.05) is 18.2 Å². The summed E-state index contributed by atoms with van der Waals surface area (Å²) in [4.78, 5) is 2.67. The van der Waals surface area contributed by atoms with Gasteiger partial charge >= 0.3 is 0 Å². The van der Waals surface area contributed by atoms with E-state index in [-0.39, 0.29) is 0 Å². The molecule has 0 saturated heterocycles. The summed E-state index contributed by atoms with van der Waals surface area (Å²) in [6, 6.07) is 10.3. The molecule has 0 aliphatic heterocycles. The fraction of sp³-hybridized carbons (Fsp3) is 0.286. The van der Waals surface area contributed by atoms with Gasteiger partial charge in [-0.3, -0.25) is 0 Å². The minimum Gasteiger partial charge on any atom is -0.496 e. The fourth-order valence-corrected chi connectivity index (χ4v) is 3.35. The van der Waals surface area contributed by atoms with Gasteiger partial charge in [-0.05, 0) is 35.0 Å². The minimum absolute atomic E-state index is 0.818. The molecule has 1 aromatic heterocycles. The summed E-state index contributed by atoms with van der Waals surface area (Å²) in [6.07, 6.45) is 0. The molecule has 2 aromatic rings. The van der Waals surface area contributed by atoms with E-state index in [0.29, 0.717) is 0 Å². The van der Waals surface area contributed by atoms with Crippen LogP contribution in [0, 0.1) is 6.92 Å². The summed E-state index contributed by atoms with van der Waals surface area (Å²) in [6.45, 7) is 3.83. The van der Waals surface area contributed by atoms with Crippen LogP contribution in [0.5, 0.6) is 5.75 Å². The van der Waals surface area contributed by atoms with Crippen LogP contribution in [-0.2, 0) is 13.1 Å². The number of rotatable bonds is 5. The maximum atomic E-state index is 5.33. The molecule has 0 amide bonds. The molecule has 0 aliphatic rings. The highest BCUT2D eigenvalue weighted by atomic mass is 79.9. The Bertz CT molecular complexity index is 505. The number of ether oxygens (including phenoxy) is 1. The lowest BCUT2D eigenvalue weighted by Crippen LogP contribution is -2.12. The maximum Gasteiger partial charge on any atom is 0.123 e. The summed E-state index contributed by atoms with van der Waals surface area (Å²) in [5.41, 5.74) is 1.19. The van der Waals surface area contributed by atoms with E-state index in [1.807, 2.05) is 29.5 Å². The van der Waals surface area contributed by atoms with Gasteiger partial charge in [-0.25, -0.2) is 0 Å². The van der Waals surface area contributed by atoms with Crippen molar-refractivity contribution in [1.29, 1.82) is 0 Å². The van der Waals surface area contributed by atoms with E-state index < -0.39 is 0 Å². The monoisotopic (exact) mass is 325 g/mol. The summed E-state index contributed by atoms with van der Waals surface area (Å²) in [5, 5.41) is 3.44. The second-order valence-corrected chi connectivity index (χ2v) is 6.23. The van der Waals surface area contributed by atoms with E-state index in [9.17, 15) is 0 Å². The smallest absolute Gasteiger partial charge is 0.123 e. The molecule has 0 radical (unpaired) electrons. The fourth-order valence-electron chi connectivity index (χ4n) is 1.77. The van der Waals surface area contributed by atoms with Crippen LogP contribution in [0.15, 0.2) is 34.8 Å². The van der Waals surface area contributed by atoms with Crippen LogP contribution < -0.4 is 10.1 Å². The van der Waals surface area contributed by atoms with Gasteiger partial charge in [0.2, 0.25) is 0 Å². The number of halogens is 1. The molecule has 18 heavy (non-hydrogen) atoms. The number of aryl methyl sites for hydroxylation is 1. The Kier molecular flexibility index (Phi) is 4.80. The Morgan fingerprint density at radius 3 is 2.72 bits per heavy atom. The van der Waals surface area contributed by atoms with E-state index in [2.05, 4.69) is 40.3 Å². The highest BCUT2D eigenvalue weighted by Crippen LogP contribution is 2.26. The zero-order chi connectivity index (χ0) is 13.0. The number of methoxy groups -OCH3 is 1. The summed E-state index contributed by atoms with van der Waals surface area (Å²) in [7, 11) is 1.71. The van der Waals surface area contributed by atoms with Crippen molar-refractivity contribution in [2.24, 2.45) is 0 Å². The van der Waals surface area contributed by atoms with Crippen molar-refractivity contribution in [3.8, 4) is 5.75 Å². The SMILES string of the molecule is COc1ccccc1CNCc1cc(Br)c(C)s1. The van der Waals surface area contributed by atoms with Crippen LogP contribution in [0.25, 0.3) is 0 Å². The van der Waals surface area contributed by atoms with Gasteiger partial charge in [0.15, 0.2) is 0 Å². The van der Waals surface area contributed by atoms with E-state index in [4.69, 9.17) is 4.74 Å². The molecule has 1 heterocycles. The van der Waals surface area contributed by atoms with Crippen molar-refractivity contribution >= 4 is 27.3 Å². The molecule has 0 fully saturated rings. The quantitative estimate of drug-likeness (QED) is 0.892. The predicted octanol–water partition coefficient (Wildman–Crippen LogP) is 4.12. The van der Waals surface area contributed by atoms with Crippen molar-refractivity contribution in [2.75, 3.05) is 7.11 Å². The summed E-state index contributed by atoms with van der Waals surface area (Å²) < 4.78 is 6.52. The summed E-state index contributed by atoms with van der Waals surface area (Å²) >= 11 is 5.36. The number of thiophene rings is 1. The molecule has 0 atom stereocenters. The first-order valence-electron chi connectivity index (χ1n) is 5.78. The number of nitrogens with one attached hydrogen (secondary N) is 1. The number of hydrogen-bond acceptors (Lipinski definition) is 3. The van der Waals surface area contributed by atoms with Gasteiger partial charge in [0.05, 0.1) is 7.11 Å². The molecular formula is C14H16BrNOS. The highest BCUT2D eigenvalue weighted by Gasteiger charge is 2.04. The molecule has 96 valence electrons. The third kappa shape index (κ3) is 3.34. The first kappa shape index (κ1) is 13.6. The van der Waals surface area contributed by atoms with Crippen LogP contribution in [-0.4, -0.2) is 7.11 Å². The minimum atomic E-state index is 0.818. The first-order chi connectivity index (χ1) is 8.70. The van der Waals surface area contributed by atoms with Crippen LogP contribution in [0.3, 0.4) is 0 Å². The first-order valence-corrected chi connectivity index (χ1v) is 7.39. The average Bonchev–Trinajstić information content (AvgIpc) is 2.69. The van der Waals surface area contributed by atoms with Crippen LogP contribution in [0.4, 0.5) is 0 Å². The average molecular weight is 326 g/mol. The Morgan fingerprint density at radius 1 is 1.28 bits per heavy atom. The molecule has 2 rings (SSSR count). The molecule has 4 heteroatoms. The molecule has 2 nitrogen and oxygen atoms in total. The largest absolute Gasteiger partial charge is 0.496 e. The van der Waals surface area contributed by atoms with Gasteiger partial charge in [0.25, 0.3) is 0 Å². The summed E-state index contributed by atoms with van der Waals surface area (Å²) in [5.74, 6) is 0.938. The van der Waals surface area contributed by atoms with Gasteiger partial charge < -0.3 is 10.1 Å². The molecular weight excluding hydrogens is 310 g/mol. The highest BCUT2D eigenvalue weighted by molar-refractivity contribution is 9.10. The van der Waals surface area contributed by atoms with Gasteiger partial charge in [-0.2, -0.15) is 0 Å². The van der Waals surface area contributed by atoms with Crippen molar-refractivity contribution in [1.82, 2.24) is 5.32 Å². The van der Waals surface area contributed by atoms with Crippen molar-refractivity contribution in [3.63, 3.8) is 0 Å². The van der Waals surface area contributed by atoms with E-state index in [0.717, 1.165) is 18.8 Å². The van der Waals surface area contributed by atoms with Gasteiger partial charge in [0, 0.05) is 32.9 Å². The number of hydrogen-bond donors (Lipinski definition) is 1. The van der Waals surface area contributed by atoms with Crippen molar-refractivity contribution < 1.29 is 4.74 Å². The van der Waals surface area contributed by atoms with Crippen LogP contribution in [0.2, 0.25) is 0 Å². The molecule has 1 aromatic carbocycles. The normalized spacial score (nSPS) is 10.6. The van der Waals surface area contributed by atoms with Gasteiger partial charge in [0.1, 0.15) is 5.75 Å². The Balaban J connectivity index is 1.92. The Morgan fingerprint density at radius 2 is 2.06 bits per heavy atom. The van der Waals surface area contributed by atoms with E-state index in [1.54, 1.807) is 7.11 Å². The molecule has 0 unspecified atom stereocenters. The lowest BCUT2D eigenvalue weighted by molar-refractivity contribution is 0.407. The molecule has 0 saturated carbocycles. The molecule has 0 spiro atoms. The molecule has 0 bridgehead atoms. The lowest BCUT2D eigenvalue weighted by Gasteiger charge is -2.08. The zero-order valence-electron chi connectivity index (χ0n) is 10.5. The van der Waals surface area contributed by atoms with Crippen molar-refractivity contribution in [3.05, 3.63) is 50.1 Å². The predicted molar refractivity (Wildman–Crippen MR) is 80.3 cm³/mol. The lowest BCUT2D eigenvalue weighted by atomic mass is 10.2. The Hall–Kier alpha value is -0.840. The second kappa shape index (κ2) is 6.36. The van der Waals surface area contributed by atoms with Crippen LogP contribution >= 0.6 is 27.3 Å². The topological polar surface area (TPSA) is 21.3 Å². The molecule has 0 aliphatic carbocycles. The standard InChI is InChI=1S/C14H16BrNOS/c1-10-13(15)7-12(18-10)9-16-8-11-5-3-4-6-14(11)17-2/h3-7,16H,8-9H2,1-2H3. The van der Waals surface area contributed by atoms with Gasteiger partial charge in [-0.15, -0.1) is 11.3 Å².